The van der Waals surface area contributed by atoms with Crippen LogP contribution in [-0.4, -0.2) is 10.1 Å². The summed E-state index contributed by atoms with van der Waals surface area (Å²) in [6, 6.07) is 9.43. The molecule has 3 rings (SSSR count). The van der Waals surface area contributed by atoms with E-state index in [0.29, 0.717) is 11.1 Å². The number of aromatic nitrogens is 2. The molecule has 0 fully saturated rings. The normalized spacial score (nSPS) is 12.4. The summed E-state index contributed by atoms with van der Waals surface area (Å²) in [5.41, 5.74) is -0.897. The first-order valence-corrected chi connectivity index (χ1v) is 7.75. The summed E-state index contributed by atoms with van der Waals surface area (Å²) in [6.07, 6.45) is -8.92. The molecule has 1 aromatic heterocycles. The summed E-state index contributed by atoms with van der Waals surface area (Å²) in [7, 11) is 0. The van der Waals surface area contributed by atoms with Crippen LogP contribution in [0.1, 0.15) is 34.0 Å². The lowest BCUT2D eigenvalue weighted by molar-refractivity contribution is -0.138. The number of nitrogens with zero attached hydrogens (tertiary/aromatic N) is 2. The smallest absolute Gasteiger partial charge is 0.339 e. The molecule has 3 nitrogen and oxygen atoms in total. The Kier molecular flexibility index (Phi) is 4.95. The van der Waals surface area contributed by atoms with E-state index < -0.39 is 23.5 Å². The van der Waals surface area contributed by atoms with Gasteiger partial charge in [0, 0.05) is 6.42 Å². The molecule has 27 heavy (non-hydrogen) atoms. The maximum atomic E-state index is 12.7. The first-order valence-electron chi connectivity index (χ1n) is 7.75. The van der Waals surface area contributed by atoms with Crippen molar-refractivity contribution in [1.82, 2.24) is 10.1 Å². The summed E-state index contributed by atoms with van der Waals surface area (Å²) in [6.45, 7) is 0. The predicted molar refractivity (Wildman–Crippen MR) is 82.8 cm³/mol. The van der Waals surface area contributed by atoms with E-state index in [-0.39, 0.29) is 24.6 Å². The number of rotatable bonds is 4. The van der Waals surface area contributed by atoms with Gasteiger partial charge in [-0.15, -0.1) is 0 Å². The van der Waals surface area contributed by atoms with Crippen LogP contribution in [0.15, 0.2) is 53.1 Å². The standard InChI is InChI=1S/C18H12F6N2O/c19-17(20,21)13-5-1-3-11(7-13)9-15-25-16(27-26-15)10-12-4-2-6-14(8-12)18(22,23)24/h1-8H,9-10H2. The molecule has 0 aliphatic heterocycles. The molecule has 0 saturated heterocycles. The lowest BCUT2D eigenvalue weighted by atomic mass is 10.1. The molecule has 2 aromatic carbocycles. The highest BCUT2D eigenvalue weighted by Gasteiger charge is 2.31. The fourth-order valence-electron chi connectivity index (χ4n) is 2.51. The van der Waals surface area contributed by atoms with E-state index in [0.717, 1.165) is 24.3 Å². The van der Waals surface area contributed by atoms with Crippen LogP contribution in [0, 0.1) is 0 Å². The van der Waals surface area contributed by atoms with Gasteiger partial charge in [-0.05, 0) is 23.3 Å². The van der Waals surface area contributed by atoms with Crippen molar-refractivity contribution in [3.05, 3.63) is 82.5 Å². The van der Waals surface area contributed by atoms with Crippen molar-refractivity contribution in [3.63, 3.8) is 0 Å². The zero-order chi connectivity index (χ0) is 19.7. The minimum absolute atomic E-state index is 0.00993. The van der Waals surface area contributed by atoms with Gasteiger partial charge in [0.2, 0.25) is 5.89 Å². The highest BCUT2D eigenvalue weighted by Crippen LogP contribution is 2.31. The van der Waals surface area contributed by atoms with Gasteiger partial charge in [-0.3, -0.25) is 0 Å². The molecular formula is C18H12F6N2O. The maximum absolute atomic E-state index is 12.7. The second kappa shape index (κ2) is 7.05. The van der Waals surface area contributed by atoms with E-state index in [1.54, 1.807) is 0 Å². The van der Waals surface area contributed by atoms with Crippen molar-refractivity contribution in [2.75, 3.05) is 0 Å². The third-order valence-corrected chi connectivity index (χ3v) is 3.74. The van der Waals surface area contributed by atoms with E-state index in [2.05, 4.69) is 10.1 Å². The molecule has 1 heterocycles. The summed E-state index contributed by atoms with van der Waals surface area (Å²) in [4.78, 5) is 4.04. The molecule has 0 radical (unpaired) electrons. The SMILES string of the molecule is FC(F)(F)c1cccc(Cc2noc(Cc3cccc(C(F)(F)F)c3)n2)c1. The molecule has 9 heteroatoms. The quantitative estimate of drug-likeness (QED) is 0.572. The minimum Gasteiger partial charge on any atom is -0.339 e. The molecule has 0 bridgehead atoms. The Labute approximate surface area is 149 Å². The Hall–Kier alpha value is -2.84. The van der Waals surface area contributed by atoms with Gasteiger partial charge < -0.3 is 4.52 Å². The monoisotopic (exact) mass is 386 g/mol. The molecule has 0 aliphatic rings. The Bertz CT molecular complexity index is 856. The lowest BCUT2D eigenvalue weighted by Crippen LogP contribution is -2.05. The molecule has 3 aromatic rings. The van der Waals surface area contributed by atoms with E-state index >= 15 is 0 Å². The van der Waals surface area contributed by atoms with Gasteiger partial charge >= 0.3 is 12.4 Å². The molecule has 0 N–H and O–H groups in total. The third-order valence-electron chi connectivity index (χ3n) is 3.74. The number of alkyl halides is 6. The molecule has 142 valence electrons. The van der Waals surface area contributed by atoms with Crippen LogP contribution in [-0.2, 0) is 25.2 Å². The van der Waals surface area contributed by atoms with E-state index in [1.165, 1.54) is 24.3 Å². The number of benzene rings is 2. The van der Waals surface area contributed by atoms with Gasteiger partial charge in [0.25, 0.3) is 0 Å². The molecular weight excluding hydrogens is 374 g/mol. The van der Waals surface area contributed by atoms with Crippen molar-refractivity contribution < 1.29 is 30.9 Å². The zero-order valence-electron chi connectivity index (χ0n) is 13.6. The molecule has 0 aliphatic carbocycles. The highest BCUT2D eigenvalue weighted by molar-refractivity contribution is 5.29. The van der Waals surface area contributed by atoms with Gasteiger partial charge in [0.1, 0.15) is 0 Å². The fourth-order valence-corrected chi connectivity index (χ4v) is 2.51. The van der Waals surface area contributed by atoms with Crippen LogP contribution in [0.3, 0.4) is 0 Å². The van der Waals surface area contributed by atoms with Crippen LogP contribution in [0.25, 0.3) is 0 Å². The van der Waals surface area contributed by atoms with E-state index in [9.17, 15) is 26.3 Å². The predicted octanol–water partition coefficient (Wildman–Crippen LogP) is 5.29. The summed E-state index contributed by atoms with van der Waals surface area (Å²) in [5, 5.41) is 3.68. The Morgan fingerprint density at radius 1 is 0.741 bits per heavy atom. The van der Waals surface area contributed by atoms with E-state index in [1.807, 2.05) is 0 Å². The Balaban J connectivity index is 1.73. The van der Waals surface area contributed by atoms with Crippen molar-refractivity contribution in [3.8, 4) is 0 Å². The first kappa shape index (κ1) is 18.9. The van der Waals surface area contributed by atoms with Crippen LogP contribution < -0.4 is 0 Å². The topological polar surface area (TPSA) is 38.9 Å². The van der Waals surface area contributed by atoms with Crippen LogP contribution >= 0.6 is 0 Å². The minimum atomic E-state index is -4.46. The van der Waals surface area contributed by atoms with Crippen molar-refractivity contribution in [1.29, 1.82) is 0 Å². The maximum Gasteiger partial charge on any atom is 0.416 e. The largest absolute Gasteiger partial charge is 0.416 e. The zero-order valence-corrected chi connectivity index (χ0v) is 13.6. The summed E-state index contributed by atoms with van der Waals surface area (Å²) < 4.78 is 81.4. The molecule has 0 unspecified atom stereocenters. The lowest BCUT2D eigenvalue weighted by Gasteiger charge is -2.07. The number of hydrogen-bond donors (Lipinski definition) is 0. The second-order valence-electron chi connectivity index (χ2n) is 5.85. The van der Waals surface area contributed by atoms with Crippen molar-refractivity contribution in [2.24, 2.45) is 0 Å². The van der Waals surface area contributed by atoms with Crippen LogP contribution in [0.4, 0.5) is 26.3 Å². The Morgan fingerprint density at radius 2 is 1.26 bits per heavy atom. The van der Waals surface area contributed by atoms with Crippen molar-refractivity contribution >= 4 is 0 Å². The summed E-state index contributed by atoms with van der Waals surface area (Å²) >= 11 is 0. The average molecular weight is 386 g/mol. The molecule has 0 atom stereocenters. The number of halogens is 6. The first-order chi connectivity index (χ1) is 12.6. The highest BCUT2D eigenvalue weighted by atomic mass is 19.4. The van der Waals surface area contributed by atoms with Crippen molar-refractivity contribution in [2.45, 2.75) is 25.2 Å². The summed E-state index contributed by atoms with van der Waals surface area (Å²) in [5.74, 6) is 0.229. The second-order valence-corrected chi connectivity index (χ2v) is 5.85. The van der Waals surface area contributed by atoms with Gasteiger partial charge in [0.15, 0.2) is 5.82 Å². The van der Waals surface area contributed by atoms with Gasteiger partial charge in [-0.25, -0.2) is 0 Å². The molecule has 0 saturated carbocycles. The molecule has 0 spiro atoms. The average Bonchev–Trinajstić information content (AvgIpc) is 3.01. The molecule has 0 amide bonds. The van der Waals surface area contributed by atoms with E-state index in [4.69, 9.17) is 4.52 Å². The van der Waals surface area contributed by atoms with Crippen LogP contribution in [0.2, 0.25) is 0 Å². The Morgan fingerprint density at radius 3 is 1.78 bits per heavy atom. The fraction of sp³-hybridized carbons (Fsp3) is 0.222. The van der Waals surface area contributed by atoms with Gasteiger partial charge in [0.05, 0.1) is 17.5 Å². The third kappa shape index (κ3) is 4.87. The van der Waals surface area contributed by atoms with Gasteiger partial charge in [-0.2, -0.15) is 31.3 Å². The number of hydrogen-bond acceptors (Lipinski definition) is 3. The van der Waals surface area contributed by atoms with Crippen LogP contribution in [0.5, 0.6) is 0 Å². The van der Waals surface area contributed by atoms with Gasteiger partial charge in [-0.1, -0.05) is 41.6 Å².